The first-order chi connectivity index (χ1) is 7.00. The van der Waals surface area contributed by atoms with Gasteiger partial charge in [0.15, 0.2) is 0 Å². The summed E-state index contributed by atoms with van der Waals surface area (Å²) in [5.41, 5.74) is 0.0836. The Kier molecular flexibility index (Phi) is 3.62. The van der Waals surface area contributed by atoms with Crippen molar-refractivity contribution in [1.29, 1.82) is 0 Å². The normalized spacial score (nSPS) is 12.2. The first-order valence-electron chi connectivity index (χ1n) is 4.45. The molecule has 1 rings (SSSR count). The van der Waals surface area contributed by atoms with Crippen molar-refractivity contribution in [2.24, 2.45) is 0 Å². The minimum Gasteiger partial charge on any atom is -0.478 e. The fraction of sp³-hybridized carbons (Fsp3) is 0.300. The summed E-state index contributed by atoms with van der Waals surface area (Å²) in [4.78, 5) is 10.6. The van der Waals surface area contributed by atoms with Gasteiger partial charge in [-0.25, -0.2) is 9.18 Å². The van der Waals surface area contributed by atoms with Crippen molar-refractivity contribution in [2.45, 2.75) is 13.0 Å². The van der Waals surface area contributed by atoms with E-state index in [0.29, 0.717) is 5.69 Å². The summed E-state index contributed by atoms with van der Waals surface area (Å²) >= 11 is 0. The number of aromatic carboxylic acids is 1. The monoisotopic (exact) mass is 213 g/mol. The number of aliphatic hydroxyl groups excluding tert-OH is 1. The lowest BCUT2D eigenvalue weighted by atomic mass is 10.2. The maximum atomic E-state index is 13.0. The standard InChI is InChI=1S/C10H12FNO3/c1-6(13)5-12-7-2-3-9(11)8(4-7)10(14)15/h2-4,6,12-13H,5H2,1H3,(H,14,15). The van der Waals surface area contributed by atoms with E-state index in [1.165, 1.54) is 12.1 Å². The van der Waals surface area contributed by atoms with E-state index in [9.17, 15) is 9.18 Å². The van der Waals surface area contributed by atoms with Gasteiger partial charge in [-0.1, -0.05) is 0 Å². The van der Waals surface area contributed by atoms with Crippen LogP contribution in [0.3, 0.4) is 0 Å². The van der Waals surface area contributed by atoms with Crippen LogP contribution in [0.15, 0.2) is 18.2 Å². The molecular weight excluding hydrogens is 201 g/mol. The van der Waals surface area contributed by atoms with Crippen LogP contribution in [0.2, 0.25) is 0 Å². The number of benzene rings is 1. The van der Waals surface area contributed by atoms with Crippen LogP contribution in [0.5, 0.6) is 0 Å². The molecule has 5 heteroatoms. The molecule has 15 heavy (non-hydrogen) atoms. The molecule has 0 saturated carbocycles. The van der Waals surface area contributed by atoms with Crippen LogP contribution >= 0.6 is 0 Å². The third-order valence-electron chi connectivity index (χ3n) is 1.80. The Morgan fingerprint density at radius 3 is 2.80 bits per heavy atom. The second-order valence-corrected chi connectivity index (χ2v) is 3.23. The lowest BCUT2D eigenvalue weighted by Gasteiger charge is -2.09. The number of halogens is 1. The summed E-state index contributed by atoms with van der Waals surface area (Å²) < 4.78 is 13.0. The molecule has 0 aromatic heterocycles. The average Bonchev–Trinajstić information content (AvgIpc) is 2.16. The average molecular weight is 213 g/mol. The number of anilines is 1. The van der Waals surface area contributed by atoms with Gasteiger partial charge >= 0.3 is 5.97 Å². The Morgan fingerprint density at radius 1 is 1.60 bits per heavy atom. The van der Waals surface area contributed by atoms with Crippen LogP contribution in [0.1, 0.15) is 17.3 Å². The zero-order chi connectivity index (χ0) is 11.4. The van der Waals surface area contributed by atoms with Crippen molar-refractivity contribution >= 4 is 11.7 Å². The molecule has 0 saturated heterocycles. The molecule has 1 aromatic carbocycles. The maximum absolute atomic E-state index is 13.0. The number of carbonyl (C=O) groups is 1. The van der Waals surface area contributed by atoms with Crippen LogP contribution in [0, 0.1) is 5.82 Å². The Labute approximate surface area is 86.4 Å². The van der Waals surface area contributed by atoms with Gasteiger partial charge < -0.3 is 15.5 Å². The number of hydrogen-bond donors (Lipinski definition) is 3. The molecule has 0 fully saturated rings. The summed E-state index contributed by atoms with van der Waals surface area (Å²) in [6.07, 6.45) is -0.552. The first kappa shape index (κ1) is 11.5. The molecule has 0 aliphatic rings. The van der Waals surface area contributed by atoms with Gasteiger partial charge in [0.05, 0.1) is 11.7 Å². The van der Waals surface area contributed by atoms with Crippen molar-refractivity contribution in [3.05, 3.63) is 29.6 Å². The van der Waals surface area contributed by atoms with Gasteiger partial charge in [0.25, 0.3) is 0 Å². The van der Waals surface area contributed by atoms with Crippen LogP contribution in [0.25, 0.3) is 0 Å². The highest BCUT2D eigenvalue weighted by atomic mass is 19.1. The molecule has 1 atom stereocenters. The van der Waals surface area contributed by atoms with Gasteiger partial charge in [0.2, 0.25) is 0 Å². The van der Waals surface area contributed by atoms with Crippen LogP contribution in [-0.4, -0.2) is 28.8 Å². The van der Waals surface area contributed by atoms with Crippen LogP contribution in [0.4, 0.5) is 10.1 Å². The summed E-state index contributed by atoms with van der Waals surface area (Å²) in [6.45, 7) is 1.87. The molecule has 1 aromatic rings. The number of hydrogen-bond acceptors (Lipinski definition) is 3. The molecular formula is C10H12FNO3. The molecule has 0 aliphatic heterocycles. The Bertz CT molecular complexity index is 366. The lowest BCUT2D eigenvalue weighted by molar-refractivity contribution is 0.0692. The molecule has 0 spiro atoms. The minimum atomic E-state index is -1.31. The molecule has 0 heterocycles. The summed E-state index contributed by atoms with van der Waals surface area (Å²) in [5.74, 6) is -2.08. The maximum Gasteiger partial charge on any atom is 0.338 e. The quantitative estimate of drug-likeness (QED) is 0.705. The van der Waals surface area contributed by atoms with E-state index in [0.717, 1.165) is 6.07 Å². The van der Waals surface area contributed by atoms with E-state index < -0.39 is 17.9 Å². The van der Waals surface area contributed by atoms with E-state index in [1.54, 1.807) is 6.92 Å². The molecule has 1 unspecified atom stereocenters. The molecule has 0 amide bonds. The highest BCUT2D eigenvalue weighted by Gasteiger charge is 2.10. The van der Waals surface area contributed by atoms with Crippen molar-refractivity contribution in [1.82, 2.24) is 0 Å². The smallest absolute Gasteiger partial charge is 0.338 e. The number of aliphatic hydroxyl groups is 1. The fourth-order valence-corrected chi connectivity index (χ4v) is 1.06. The first-order valence-corrected chi connectivity index (χ1v) is 4.45. The second kappa shape index (κ2) is 4.75. The molecule has 3 N–H and O–H groups in total. The van der Waals surface area contributed by atoms with E-state index in [2.05, 4.69) is 5.32 Å². The molecule has 82 valence electrons. The largest absolute Gasteiger partial charge is 0.478 e. The summed E-state index contributed by atoms with van der Waals surface area (Å²) in [7, 11) is 0. The third-order valence-corrected chi connectivity index (χ3v) is 1.80. The van der Waals surface area contributed by atoms with Gasteiger partial charge in [-0.05, 0) is 25.1 Å². The molecule has 4 nitrogen and oxygen atoms in total. The second-order valence-electron chi connectivity index (χ2n) is 3.23. The molecule has 0 bridgehead atoms. The third kappa shape index (κ3) is 3.21. The number of carboxylic acid groups (broad SMARTS) is 1. The molecule has 0 radical (unpaired) electrons. The van der Waals surface area contributed by atoms with E-state index >= 15 is 0 Å². The lowest BCUT2D eigenvalue weighted by Crippen LogP contribution is -2.15. The van der Waals surface area contributed by atoms with Gasteiger partial charge in [-0.2, -0.15) is 0 Å². The number of nitrogens with one attached hydrogen (secondary N) is 1. The van der Waals surface area contributed by atoms with Gasteiger partial charge in [-0.15, -0.1) is 0 Å². The minimum absolute atomic E-state index is 0.282. The zero-order valence-electron chi connectivity index (χ0n) is 8.20. The van der Waals surface area contributed by atoms with Crippen molar-refractivity contribution < 1.29 is 19.4 Å². The fourth-order valence-electron chi connectivity index (χ4n) is 1.06. The van der Waals surface area contributed by atoms with Gasteiger partial charge in [-0.3, -0.25) is 0 Å². The van der Waals surface area contributed by atoms with E-state index in [-0.39, 0.29) is 12.1 Å². The number of rotatable bonds is 4. The Balaban J connectivity index is 2.83. The predicted octanol–water partition coefficient (Wildman–Crippen LogP) is 1.32. The topological polar surface area (TPSA) is 69.6 Å². The van der Waals surface area contributed by atoms with Crippen molar-refractivity contribution in [2.75, 3.05) is 11.9 Å². The SMILES string of the molecule is CC(O)CNc1ccc(F)c(C(=O)O)c1. The summed E-state index contributed by atoms with van der Waals surface area (Å²) in [6, 6.07) is 3.69. The highest BCUT2D eigenvalue weighted by Crippen LogP contribution is 2.14. The van der Waals surface area contributed by atoms with Crippen LogP contribution < -0.4 is 5.32 Å². The van der Waals surface area contributed by atoms with Crippen LogP contribution in [-0.2, 0) is 0 Å². The van der Waals surface area contributed by atoms with Gasteiger partial charge in [0, 0.05) is 12.2 Å². The highest BCUT2D eigenvalue weighted by molar-refractivity contribution is 5.89. The van der Waals surface area contributed by atoms with Crippen molar-refractivity contribution in [3.63, 3.8) is 0 Å². The molecule has 0 aliphatic carbocycles. The zero-order valence-corrected chi connectivity index (χ0v) is 8.20. The number of carboxylic acids is 1. The predicted molar refractivity (Wildman–Crippen MR) is 53.5 cm³/mol. The van der Waals surface area contributed by atoms with E-state index in [4.69, 9.17) is 10.2 Å². The van der Waals surface area contributed by atoms with E-state index in [1.807, 2.05) is 0 Å². The van der Waals surface area contributed by atoms with Crippen molar-refractivity contribution in [3.8, 4) is 0 Å². The van der Waals surface area contributed by atoms with Gasteiger partial charge in [0.1, 0.15) is 5.82 Å². The Morgan fingerprint density at radius 2 is 2.27 bits per heavy atom. The summed E-state index contributed by atoms with van der Waals surface area (Å²) in [5, 5.41) is 20.4. The Hall–Kier alpha value is -1.62.